The monoisotopic (exact) mass is 444 g/mol. The summed E-state index contributed by atoms with van der Waals surface area (Å²) in [6, 6.07) is 10.6. The zero-order chi connectivity index (χ0) is 22.6. The maximum Gasteiger partial charge on any atom is 0.416 e. The van der Waals surface area contributed by atoms with Gasteiger partial charge in [0.05, 0.1) is 12.7 Å². The first-order chi connectivity index (χ1) is 14.2. The molecule has 0 aromatic heterocycles. The Hall–Kier alpha value is -2.48. The summed E-state index contributed by atoms with van der Waals surface area (Å²) in [5.74, 6) is 1.89. The maximum atomic E-state index is 12.6. The molecule has 2 aromatic carbocycles. The average Bonchev–Trinajstić information content (AvgIpc) is 2.70. The van der Waals surface area contributed by atoms with Crippen molar-refractivity contribution in [3.05, 3.63) is 53.6 Å². The SMILES string of the molecule is CCO[C@@H](COc1ccc(C(F)(F)F)cc1)CSc1ccc(OC)c(C)c1.O=C=O. The van der Waals surface area contributed by atoms with E-state index >= 15 is 0 Å². The normalized spacial score (nSPS) is 11.7. The molecule has 2 rings (SSSR count). The molecular weight excluding hydrogens is 421 g/mol. The third-order valence-electron chi connectivity index (χ3n) is 3.82. The minimum atomic E-state index is -4.35. The van der Waals surface area contributed by atoms with Crippen LogP contribution in [0.2, 0.25) is 0 Å². The zero-order valence-corrected chi connectivity index (χ0v) is 17.6. The van der Waals surface area contributed by atoms with Crippen LogP contribution >= 0.6 is 11.8 Å². The fraction of sp³-hybridized carbons (Fsp3) is 0.381. The van der Waals surface area contributed by atoms with Gasteiger partial charge in [0.25, 0.3) is 0 Å². The van der Waals surface area contributed by atoms with Crippen molar-refractivity contribution in [2.75, 3.05) is 26.1 Å². The van der Waals surface area contributed by atoms with Gasteiger partial charge in [-0.05, 0) is 61.9 Å². The van der Waals surface area contributed by atoms with Crippen molar-refractivity contribution in [1.82, 2.24) is 0 Å². The summed E-state index contributed by atoms with van der Waals surface area (Å²) in [6.45, 7) is 4.68. The molecule has 0 aliphatic rings. The van der Waals surface area contributed by atoms with E-state index in [1.807, 2.05) is 32.0 Å². The van der Waals surface area contributed by atoms with Crippen LogP contribution in [0, 0.1) is 6.92 Å². The maximum absolute atomic E-state index is 12.6. The van der Waals surface area contributed by atoms with E-state index in [1.54, 1.807) is 18.9 Å². The molecule has 0 bridgehead atoms. The Balaban J connectivity index is 0.00000141. The van der Waals surface area contributed by atoms with Gasteiger partial charge in [-0.2, -0.15) is 22.8 Å². The van der Waals surface area contributed by atoms with Gasteiger partial charge in [-0.1, -0.05) is 0 Å². The van der Waals surface area contributed by atoms with Crippen LogP contribution in [0.15, 0.2) is 47.4 Å². The Bertz CT molecular complexity index is 803. The summed E-state index contributed by atoms with van der Waals surface area (Å²) in [5, 5.41) is 0. The minimum Gasteiger partial charge on any atom is -0.496 e. The molecule has 0 radical (unpaired) electrons. The van der Waals surface area contributed by atoms with Gasteiger partial charge in [-0.15, -0.1) is 11.8 Å². The van der Waals surface area contributed by atoms with E-state index in [2.05, 4.69) is 0 Å². The second-order valence-corrected chi connectivity index (χ2v) is 7.03. The molecule has 5 nitrogen and oxygen atoms in total. The number of thioether (sulfide) groups is 1. The molecule has 0 N–H and O–H groups in total. The number of halogens is 3. The molecule has 0 saturated carbocycles. The molecule has 0 fully saturated rings. The van der Waals surface area contributed by atoms with Gasteiger partial charge in [-0.3, -0.25) is 0 Å². The smallest absolute Gasteiger partial charge is 0.416 e. The lowest BCUT2D eigenvalue weighted by atomic mass is 10.2. The highest BCUT2D eigenvalue weighted by atomic mass is 32.2. The number of ether oxygens (including phenoxy) is 3. The topological polar surface area (TPSA) is 61.8 Å². The molecular formula is C21H23F3O5S. The molecule has 30 heavy (non-hydrogen) atoms. The number of alkyl halides is 3. The third kappa shape index (κ3) is 8.90. The van der Waals surface area contributed by atoms with Crippen LogP contribution in [-0.4, -0.2) is 38.3 Å². The van der Waals surface area contributed by atoms with Crippen LogP contribution in [0.1, 0.15) is 18.1 Å². The van der Waals surface area contributed by atoms with E-state index in [0.29, 0.717) is 18.1 Å². The van der Waals surface area contributed by atoms with E-state index in [-0.39, 0.29) is 18.9 Å². The average molecular weight is 444 g/mol. The Labute approximate surface area is 177 Å². The van der Waals surface area contributed by atoms with Gasteiger partial charge < -0.3 is 14.2 Å². The van der Waals surface area contributed by atoms with Gasteiger partial charge >= 0.3 is 12.3 Å². The highest BCUT2D eigenvalue weighted by molar-refractivity contribution is 7.99. The number of benzene rings is 2. The van der Waals surface area contributed by atoms with E-state index in [4.69, 9.17) is 23.8 Å². The number of aryl methyl sites for hydroxylation is 1. The lowest BCUT2D eigenvalue weighted by molar-refractivity contribution is -0.191. The largest absolute Gasteiger partial charge is 0.496 e. The molecule has 0 aliphatic heterocycles. The molecule has 0 saturated heterocycles. The Morgan fingerprint density at radius 1 is 1.10 bits per heavy atom. The van der Waals surface area contributed by atoms with Crippen LogP contribution in [0.4, 0.5) is 13.2 Å². The van der Waals surface area contributed by atoms with E-state index < -0.39 is 11.7 Å². The molecule has 0 spiro atoms. The van der Waals surface area contributed by atoms with Crippen LogP contribution in [0.25, 0.3) is 0 Å². The minimum absolute atomic E-state index is 0.176. The van der Waals surface area contributed by atoms with Crippen molar-refractivity contribution < 1.29 is 37.0 Å². The fourth-order valence-corrected chi connectivity index (χ4v) is 3.43. The quantitative estimate of drug-likeness (QED) is 0.507. The number of hydrogen-bond acceptors (Lipinski definition) is 6. The number of rotatable bonds is 9. The molecule has 164 valence electrons. The molecule has 2 aromatic rings. The summed E-state index contributed by atoms with van der Waals surface area (Å²) < 4.78 is 54.4. The Kier molecular flexibility index (Phi) is 11.0. The zero-order valence-electron chi connectivity index (χ0n) is 16.8. The van der Waals surface area contributed by atoms with Crippen LogP contribution in [0.3, 0.4) is 0 Å². The number of methoxy groups -OCH3 is 1. The number of carbonyl (C=O) groups excluding carboxylic acids is 2. The summed E-state index contributed by atoms with van der Waals surface area (Å²) in [6.07, 6.45) is -4.27. The molecule has 0 amide bonds. The van der Waals surface area contributed by atoms with Gasteiger partial charge in [0, 0.05) is 17.3 Å². The summed E-state index contributed by atoms with van der Waals surface area (Å²) in [4.78, 5) is 17.3. The summed E-state index contributed by atoms with van der Waals surface area (Å²) in [7, 11) is 1.64. The van der Waals surface area contributed by atoms with E-state index in [1.165, 1.54) is 12.1 Å². The Morgan fingerprint density at radius 2 is 1.73 bits per heavy atom. The molecule has 0 aliphatic carbocycles. The van der Waals surface area contributed by atoms with Crippen molar-refractivity contribution >= 4 is 17.9 Å². The van der Waals surface area contributed by atoms with Crippen LogP contribution < -0.4 is 9.47 Å². The third-order valence-corrected chi connectivity index (χ3v) is 4.95. The van der Waals surface area contributed by atoms with Crippen LogP contribution in [-0.2, 0) is 20.5 Å². The Morgan fingerprint density at radius 3 is 2.23 bits per heavy atom. The predicted molar refractivity (Wildman–Crippen MR) is 106 cm³/mol. The second-order valence-electron chi connectivity index (χ2n) is 5.94. The number of hydrogen-bond donors (Lipinski definition) is 0. The van der Waals surface area contributed by atoms with Crippen LogP contribution in [0.5, 0.6) is 11.5 Å². The van der Waals surface area contributed by atoms with Crippen molar-refractivity contribution in [2.24, 2.45) is 0 Å². The summed E-state index contributed by atoms with van der Waals surface area (Å²) >= 11 is 1.63. The van der Waals surface area contributed by atoms with Crippen molar-refractivity contribution in [3.8, 4) is 11.5 Å². The molecule has 9 heteroatoms. The van der Waals surface area contributed by atoms with Gasteiger partial charge in [0.1, 0.15) is 24.2 Å². The highest BCUT2D eigenvalue weighted by Gasteiger charge is 2.30. The van der Waals surface area contributed by atoms with E-state index in [0.717, 1.165) is 28.3 Å². The molecule has 0 unspecified atom stereocenters. The lowest BCUT2D eigenvalue weighted by Gasteiger charge is -2.18. The predicted octanol–water partition coefficient (Wildman–Crippen LogP) is 5.02. The van der Waals surface area contributed by atoms with Gasteiger partial charge in [0.2, 0.25) is 0 Å². The highest BCUT2D eigenvalue weighted by Crippen LogP contribution is 2.30. The standard InChI is InChI=1S/C20H23F3O3S.CO2/c1-4-25-17(13-27-18-9-10-19(24-3)14(2)11-18)12-26-16-7-5-15(6-8-16)20(21,22)23;2-1-3/h5-11,17H,4,12-13H2,1-3H3;/t17-;/m0./s1. The van der Waals surface area contributed by atoms with Crippen molar-refractivity contribution in [2.45, 2.75) is 31.0 Å². The van der Waals surface area contributed by atoms with Crippen molar-refractivity contribution in [1.29, 1.82) is 0 Å². The second kappa shape index (κ2) is 13.0. The van der Waals surface area contributed by atoms with Crippen molar-refractivity contribution in [3.63, 3.8) is 0 Å². The lowest BCUT2D eigenvalue weighted by Crippen LogP contribution is -2.24. The first-order valence-corrected chi connectivity index (χ1v) is 9.92. The molecule has 1 atom stereocenters. The first kappa shape index (κ1) is 25.6. The van der Waals surface area contributed by atoms with Gasteiger partial charge in [-0.25, -0.2) is 0 Å². The first-order valence-electron chi connectivity index (χ1n) is 8.93. The van der Waals surface area contributed by atoms with E-state index in [9.17, 15) is 13.2 Å². The van der Waals surface area contributed by atoms with Gasteiger partial charge in [0.15, 0.2) is 0 Å². The molecule has 0 heterocycles. The fourth-order valence-electron chi connectivity index (χ4n) is 2.44. The summed E-state index contributed by atoms with van der Waals surface area (Å²) in [5.41, 5.74) is 0.359.